The SMILES string of the molecule is Cc1c(C(=O)N2CCCC[C@@H]2C(=O)O)sc2ccccc12. The first-order chi connectivity index (χ1) is 10.1. The van der Waals surface area contributed by atoms with Crippen LogP contribution in [0.1, 0.15) is 34.5 Å². The van der Waals surface area contributed by atoms with Gasteiger partial charge in [0, 0.05) is 11.2 Å². The van der Waals surface area contributed by atoms with E-state index in [2.05, 4.69) is 0 Å². The first-order valence-corrected chi connectivity index (χ1v) is 7.93. The van der Waals surface area contributed by atoms with Crippen LogP contribution in [0, 0.1) is 6.92 Å². The van der Waals surface area contributed by atoms with Crippen molar-refractivity contribution >= 4 is 33.3 Å². The minimum atomic E-state index is -0.901. The molecule has 5 heteroatoms. The van der Waals surface area contributed by atoms with E-state index in [0.29, 0.717) is 17.8 Å². The molecule has 1 aromatic carbocycles. The first kappa shape index (κ1) is 14.1. The fourth-order valence-corrected chi connectivity index (χ4v) is 4.11. The summed E-state index contributed by atoms with van der Waals surface area (Å²) in [4.78, 5) is 26.3. The Labute approximate surface area is 127 Å². The molecular weight excluding hydrogens is 286 g/mol. The molecule has 1 N–H and O–H groups in total. The number of fused-ring (bicyclic) bond motifs is 1. The van der Waals surface area contributed by atoms with Crippen LogP contribution in [0.2, 0.25) is 0 Å². The van der Waals surface area contributed by atoms with E-state index < -0.39 is 12.0 Å². The minimum absolute atomic E-state index is 0.138. The number of nitrogens with zero attached hydrogens (tertiary/aromatic N) is 1. The Morgan fingerprint density at radius 1 is 1.29 bits per heavy atom. The maximum atomic E-state index is 12.8. The average Bonchev–Trinajstić information content (AvgIpc) is 2.84. The van der Waals surface area contributed by atoms with Gasteiger partial charge in [0.15, 0.2) is 0 Å². The molecule has 1 saturated heterocycles. The van der Waals surface area contributed by atoms with E-state index in [1.807, 2.05) is 31.2 Å². The number of carboxylic acids is 1. The van der Waals surface area contributed by atoms with Crippen molar-refractivity contribution in [1.29, 1.82) is 0 Å². The Morgan fingerprint density at radius 3 is 2.76 bits per heavy atom. The van der Waals surface area contributed by atoms with Crippen LogP contribution in [-0.4, -0.2) is 34.5 Å². The molecule has 1 aromatic heterocycles. The van der Waals surface area contributed by atoms with Crippen LogP contribution in [0.3, 0.4) is 0 Å². The third-order valence-corrected chi connectivity index (χ3v) is 5.35. The van der Waals surface area contributed by atoms with Gasteiger partial charge in [0.05, 0.1) is 4.88 Å². The van der Waals surface area contributed by atoms with E-state index >= 15 is 0 Å². The molecule has 1 amide bonds. The molecule has 1 aliphatic heterocycles. The molecule has 1 aliphatic rings. The summed E-state index contributed by atoms with van der Waals surface area (Å²) >= 11 is 1.46. The monoisotopic (exact) mass is 303 g/mol. The molecule has 2 heterocycles. The van der Waals surface area contributed by atoms with E-state index in [0.717, 1.165) is 28.5 Å². The van der Waals surface area contributed by atoms with Crippen molar-refractivity contribution in [2.24, 2.45) is 0 Å². The molecule has 1 fully saturated rings. The van der Waals surface area contributed by atoms with Gasteiger partial charge in [-0.3, -0.25) is 4.79 Å². The van der Waals surface area contributed by atoms with E-state index in [9.17, 15) is 14.7 Å². The highest BCUT2D eigenvalue weighted by molar-refractivity contribution is 7.21. The fourth-order valence-electron chi connectivity index (χ4n) is 2.94. The summed E-state index contributed by atoms with van der Waals surface area (Å²) in [7, 11) is 0. The summed E-state index contributed by atoms with van der Waals surface area (Å²) in [6, 6.07) is 7.22. The van der Waals surface area contributed by atoms with Crippen LogP contribution in [0.15, 0.2) is 24.3 Å². The molecule has 0 bridgehead atoms. The smallest absolute Gasteiger partial charge is 0.326 e. The summed E-state index contributed by atoms with van der Waals surface area (Å²) in [5.74, 6) is -1.04. The Balaban J connectivity index is 1.99. The maximum absolute atomic E-state index is 12.8. The number of carbonyl (C=O) groups excluding carboxylic acids is 1. The number of carbonyl (C=O) groups is 2. The van der Waals surface area contributed by atoms with E-state index in [1.165, 1.54) is 16.2 Å². The molecule has 1 atom stereocenters. The van der Waals surface area contributed by atoms with Gasteiger partial charge < -0.3 is 10.0 Å². The topological polar surface area (TPSA) is 57.6 Å². The van der Waals surface area contributed by atoms with Gasteiger partial charge in [-0.1, -0.05) is 18.2 Å². The molecule has 3 rings (SSSR count). The molecule has 0 saturated carbocycles. The minimum Gasteiger partial charge on any atom is -0.480 e. The number of likely N-dealkylation sites (tertiary alicyclic amines) is 1. The number of rotatable bonds is 2. The van der Waals surface area contributed by atoms with Gasteiger partial charge in [-0.25, -0.2) is 4.79 Å². The Kier molecular flexibility index (Phi) is 3.68. The molecule has 0 unspecified atom stereocenters. The average molecular weight is 303 g/mol. The second-order valence-corrected chi connectivity index (χ2v) is 6.45. The number of benzene rings is 1. The fraction of sp³-hybridized carbons (Fsp3) is 0.375. The number of hydrogen-bond acceptors (Lipinski definition) is 3. The predicted molar refractivity (Wildman–Crippen MR) is 82.9 cm³/mol. The van der Waals surface area contributed by atoms with Crippen LogP contribution in [0.25, 0.3) is 10.1 Å². The number of carboxylic acid groups (broad SMARTS) is 1. The highest BCUT2D eigenvalue weighted by atomic mass is 32.1. The van der Waals surface area contributed by atoms with Crippen LogP contribution in [0.5, 0.6) is 0 Å². The largest absolute Gasteiger partial charge is 0.480 e. The molecule has 0 spiro atoms. The van der Waals surface area contributed by atoms with Crippen LogP contribution < -0.4 is 0 Å². The van der Waals surface area contributed by atoms with Gasteiger partial charge >= 0.3 is 5.97 Å². The third-order valence-electron chi connectivity index (χ3n) is 4.09. The lowest BCUT2D eigenvalue weighted by Crippen LogP contribution is -2.47. The van der Waals surface area contributed by atoms with Crippen LogP contribution in [-0.2, 0) is 4.79 Å². The van der Waals surface area contributed by atoms with Crippen LogP contribution >= 0.6 is 11.3 Å². The van der Waals surface area contributed by atoms with E-state index in [1.54, 1.807) is 0 Å². The van der Waals surface area contributed by atoms with E-state index in [-0.39, 0.29) is 5.91 Å². The molecule has 0 aliphatic carbocycles. The summed E-state index contributed by atoms with van der Waals surface area (Å²) in [6.07, 6.45) is 2.29. The normalized spacial score (nSPS) is 18.9. The predicted octanol–water partition coefficient (Wildman–Crippen LogP) is 3.29. The van der Waals surface area contributed by atoms with Crippen molar-refractivity contribution in [3.05, 3.63) is 34.7 Å². The molecular formula is C16H17NO3S. The molecule has 0 radical (unpaired) electrons. The van der Waals surface area contributed by atoms with Gasteiger partial charge in [-0.15, -0.1) is 11.3 Å². The van der Waals surface area contributed by atoms with Crippen molar-refractivity contribution in [3.8, 4) is 0 Å². The zero-order valence-electron chi connectivity index (χ0n) is 11.8. The van der Waals surface area contributed by atoms with Gasteiger partial charge in [0.2, 0.25) is 0 Å². The number of hydrogen-bond donors (Lipinski definition) is 1. The summed E-state index contributed by atoms with van der Waals surface area (Å²) in [5.41, 5.74) is 0.954. The third kappa shape index (κ3) is 2.42. The summed E-state index contributed by atoms with van der Waals surface area (Å²) < 4.78 is 1.07. The first-order valence-electron chi connectivity index (χ1n) is 7.11. The number of amides is 1. The van der Waals surface area contributed by atoms with Gasteiger partial charge in [0.25, 0.3) is 5.91 Å². The van der Waals surface area contributed by atoms with Crippen molar-refractivity contribution < 1.29 is 14.7 Å². The Morgan fingerprint density at radius 2 is 2.05 bits per heavy atom. The highest BCUT2D eigenvalue weighted by Gasteiger charge is 2.33. The van der Waals surface area contributed by atoms with Crippen molar-refractivity contribution in [2.75, 3.05) is 6.54 Å². The van der Waals surface area contributed by atoms with Crippen molar-refractivity contribution in [1.82, 2.24) is 4.90 Å². The second kappa shape index (κ2) is 5.48. The van der Waals surface area contributed by atoms with Crippen molar-refractivity contribution in [2.45, 2.75) is 32.2 Å². The number of piperidine rings is 1. The lowest BCUT2D eigenvalue weighted by molar-refractivity contribution is -0.143. The van der Waals surface area contributed by atoms with Gasteiger partial charge in [-0.05, 0) is 43.2 Å². The van der Waals surface area contributed by atoms with Gasteiger partial charge in [-0.2, -0.15) is 0 Å². The molecule has 110 valence electrons. The lowest BCUT2D eigenvalue weighted by atomic mass is 10.0. The zero-order chi connectivity index (χ0) is 15.0. The Bertz CT molecular complexity index is 707. The maximum Gasteiger partial charge on any atom is 0.326 e. The van der Waals surface area contributed by atoms with Crippen LogP contribution in [0.4, 0.5) is 0 Å². The molecule has 21 heavy (non-hydrogen) atoms. The summed E-state index contributed by atoms with van der Waals surface area (Å²) in [5, 5.41) is 10.4. The number of aryl methyl sites for hydroxylation is 1. The molecule has 4 nitrogen and oxygen atoms in total. The quantitative estimate of drug-likeness (QED) is 0.926. The lowest BCUT2D eigenvalue weighted by Gasteiger charge is -2.32. The zero-order valence-corrected chi connectivity index (χ0v) is 12.7. The van der Waals surface area contributed by atoms with E-state index in [4.69, 9.17) is 0 Å². The second-order valence-electron chi connectivity index (χ2n) is 5.40. The Hall–Kier alpha value is -1.88. The molecule has 2 aromatic rings. The standard InChI is InChI=1S/C16H17NO3S/c1-10-11-6-2-3-8-13(11)21-14(10)15(18)17-9-5-4-7-12(17)16(19)20/h2-3,6,8,12H,4-5,7,9H2,1H3,(H,19,20)/t12-/m1/s1. The summed E-state index contributed by atoms with van der Waals surface area (Å²) in [6.45, 7) is 2.47. The van der Waals surface area contributed by atoms with Crippen molar-refractivity contribution in [3.63, 3.8) is 0 Å². The highest BCUT2D eigenvalue weighted by Crippen LogP contribution is 2.32. The van der Waals surface area contributed by atoms with Gasteiger partial charge in [0.1, 0.15) is 6.04 Å². The number of thiophene rings is 1. The number of aliphatic carboxylic acids is 1.